The first-order valence-corrected chi connectivity index (χ1v) is 12.5. The van der Waals surface area contributed by atoms with Crippen molar-refractivity contribution in [2.75, 3.05) is 40.5 Å². The SMILES string of the molecule is COCCN(C(=O)C1CC1)[C@@H]1CC(C(=O)NCCO)=C[C@H](Oc2c(I)cc(C=O)cc2OC)[C@H]1O. The van der Waals surface area contributed by atoms with Crippen LogP contribution >= 0.6 is 22.6 Å². The molecule has 0 radical (unpaired) electrons. The minimum atomic E-state index is -1.14. The van der Waals surface area contributed by atoms with Crippen LogP contribution in [0.1, 0.15) is 29.6 Å². The van der Waals surface area contributed by atoms with Gasteiger partial charge in [0.15, 0.2) is 11.5 Å². The number of carbonyl (C=O) groups excluding carboxylic acids is 3. The highest BCUT2D eigenvalue weighted by molar-refractivity contribution is 14.1. The highest BCUT2D eigenvalue weighted by atomic mass is 127. The van der Waals surface area contributed by atoms with Crippen molar-refractivity contribution in [1.29, 1.82) is 0 Å². The first-order valence-electron chi connectivity index (χ1n) is 11.4. The van der Waals surface area contributed by atoms with E-state index in [4.69, 9.17) is 19.3 Å². The molecule has 2 amide bonds. The highest BCUT2D eigenvalue weighted by Gasteiger charge is 2.44. The van der Waals surface area contributed by atoms with Crippen LogP contribution in [0, 0.1) is 9.49 Å². The van der Waals surface area contributed by atoms with Gasteiger partial charge in [-0.2, -0.15) is 0 Å². The van der Waals surface area contributed by atoms with E-state index in [1.165, 1.54) is 26.4 Å². The van der Waals surface area contributed by atoms with Crippen LogP contribution in [0.4, 0.5) is 0 Å². The number of aliphatic hydroxyl groups excluding tert-OH is 2. The van der Waals surface area contributed by atoms with Crippen molar-refractivity contribution >= 4 is 40.7 Å². The van der Waals surface area contributed by atoms with E-state index in [1.807, 2.05) is 22.6 Å². The lowest BCUT2D eigenvalue weighted by Gasteiger charge is -2.40. The van der Waals surface area contributed by atoms with Crippen LogP contribution in [0.25, 0.3) is 0 Å². The molecule has 0 spiro atoms. The quantitative estimate of drug-likeness (QED) is 0.238. The Labute approximate surface area is 217 Å². The number of halogens is 1. The van der Waals surface area contributed by atoms with Gasteiger partial charge in [0, 0.05) is 43.7 Å². The van der Waals surface area contributed by atoms with Gasteiger partial charge < -0.3 is 34.6 Å². The van der Waals surface area contributed by atoms with Crippen molar-refractivity contribution in [3.63, 3.8) is 0 Å². The normalized spacial score (nSPS) is 21.6. The Balaban J connectivity index is 1.97. The van der Waals surface area contributed by atoms with Crippen molar-refractivity contribution in [3.05, 3.63) is 32.9 Å². The van der Waals surface area contributed by atoms with E-state index in [1.54, 1.807) is 11.0 Å². The second-order valence-corrected chi connectivity index (χ2v) is 9.63. The Morgan fingerprint density at radius 3 is 2.63 bits per heavy atom. The van der Waals surface area contributed by atoms with Crippen LogP contribution in [0.5, 0.6) is 11.5 Å². The third-order valence-electron chi connectivity index (χ3n) is 6.00. The summed E-state index contributed by atoms with van der Waals surface area (Å²) in [5.41, 5.74) is 0.740. The van der Waals surface area contributed by atoms with Crippen LogP contribution in [-0.2, 0) is 14.3 Å². The van der Waals surface area contributed by atoms with Crippen molar-refractivity contribution in [3.8, 4) is 11.5 Å². The van der Waals surface area contributed by atoms with Crippen LogP contribution in [-0.4, -0.2) is 92.0 Å². The number of amides is 2. The fourth-order valence-corrected chi connectivity index (χ4v) is 4.78. The molecule has 0 aliphatic heterocycles. The maximum Gasteiger partial charge on any atom is 0.247 e. The van der Waals surface area contributed by atoms with Gasteiger partial charge in [0.2, 0.25) is 11.8 Å². The number of methoxy groups -OCH3 is 2. The molecular formula is C24H31IN2O8. The Hall–Kier alpha value is -2.22. The molecule has 0 bridgehead atoms. The summed E-state index contributed by atoms with van der Waals surface area (Å²) in [5.74, 6) is 0.0374. The molecule has 2 aliphatic rings. The Bertz CT molecular complexity index is 965. The molecule has 35 heavy (non-hydrogen) atoms. The molecule has 3 N–H and O–H groups in total. The number of hydrogen-bond donors (Lipinski definition) is 3. The van der Waals surface area contributed by atoms with Gasteiger partial charge in [-0.05, 0) is 53.6 Å². The number of ether oxygens (including phenoxy) is 3. The zero-order valence-electron chi connectivity index (χ0n) is 19.7. The maximum atomic E-state index is 13.1. The van der Waals surface area contributed by atoms with Gasteiger partial charge in [-0.15, -0.1) is 0 Å². The van der Waals surface area contributed by atoms with Crippen molar-refractivity contribution < 1.29 is 38.8 Å². The molecule has 1 aromatic rings. The predicted octanol–water partition coefficient (Wildman–Crippen LogP) is 0.913. The molecular weight excluding hydrogens is 571 g/mol. The lowest BCUT2D eigenvalue weighted by Crippen LogP contribution is -2.56. The van der Waals surface area contributed by atoms with Crippen LogP contribution < -0.4 is 14.8 Å². The molecule has 0 saturated heterocycles. The average Bonchev–Trinajstić information content (AvgIpc) is 3.70. The number of aldehydes is 1. The van der Waals surface area contributed by atoms with Crippen molar-refractivity contribution in [1.82, 2.24) is 10.2 Å². The topological polar surface area (TPSA) is 135 Å². The minimum Gasteiger partial charge on any atom is -0.493 e. The van der Waals surface area contributed by atoms with Crippen LogP contribution in [0.15, 0.2) is 23.8 Å². The number of carbonyl (C=O) groups is 3. The Morgan fingerprint density at radius 2 is 2.03 bits per heavy atom. The van der Waals surface area contributed by atoms with Gasteiger partial charge in [-0.1, -0.05) is 0 Å². The van der Waals surface area contributed by atoms with E-state index in [9.17, 15) is 19.5 Å². The molecule has 11 heteroatoms. The first-order chi connectivity index (χ1) is 16.8. The lowest BCUT2D eigenvalue weighted by molar-refractivity contribution is -0.140. The molecule has 3 rings (SSSR count). The first kappa shape index (κ1) is 27.4. The molecule has 1 aromatic carbocycles. The van der Waals surface area contributed by atoms with Crippen molar-refractivity contribution in [2.24, 2.45) is 5.92 Å². The second-order valence-electron chi connectivity index (χ2n) is 8.47. The van der Waals surface area contributed by atoms with E-state index in [2.05, 4.69) is 5.32 Å². The molecule has 1 saturated carbocycles. The van der Waals surface area contributed by atoms with Crippen LogP contribution in [0.2, 0.25) is 0 Å². The average molecular weight is 602 g/mol. The largest absolute Gasteiger partial charge is 0.493 e. The second kappa shape index (κ2) is 12.7. The maximum absolute atomic E-state index is 13.1. The van der Waals surface area contributed by atoms with E-state index in [0.717, 1.165) is 12.8 Å². The van der Waals surface area contributed by atoms with E-state index < -0.39 is 24.2 Å². The molecule has 3 atom stereocenters. The van der Waals surface area contributed by atoms with E-state index in [0.29, 0.717) is 32.5 Å². The molecule has 0 heterocycles. The van der Waals surface area contributed by atoms with Gasteiger partial charge in [0.1, 0.15) is 18.5 Å². The number of nitrogens with one attached hydrogen (secondary N) is 1. The fraction of sp³-hybridized carbons (Fsp3) is 0.542. The zero-order chi connectivity index (χ0) is 25.5. The van der Waals surface area contributed by atoms with Gasteiger partial charge >= 0.3 is 0 Å². The Morgan fingerprint density at radius 1 is 1.29 bits per heavy atom. The third kappa shape index (κ3) is 6.72. The zero-order valence-corrected chi connectivity index (χ0v) is 21.9. The smallest absolute Gasteiger partial charge is 0.247 e. The van der Waals surface area contributed by atoms with Gasteiger partial charge in [-0.3, -0.25) is 14.4 Å². The summed E-state index contributed by atoms with van der Waals surface area (Å²) in [6.45, 7) is 0.397. The number of aliphatic hydroxyl groups is 2. The standard InChI is InChI=1S/C24H31IN2O8/c1-33-8-6-27(24(32)15-3-4-15)18-11-16(23(31)26-5-7-28)12-19(21(18)30)35-22-17(25)9-14(13-29)10-20(22)34-2/h9-10,12-13,15,18-19,21,28,30H,3-8,11H2,1-2H3,(H,26,31)/t18-,19+,21+/m1/s1. The van der Waals surface area contributed by atoms with Gasteiger partial charge in [0.25, 0.3) is 0 Å². The molecule has 10 nitrogen and oxygen atoms in total. The van der Waals surface area contributed by atoms with Crippen molar-refractivity contribution in [2.45, 2.75) is 37.5 Å². The molecule has 1 fully saturated rings. The summed E-state index contributed by atoms with van der Waals surface area (Å²) < 4.78 is 17.3. The summed E-state index contributed by atoms with van der Waals surface area (Å²) in [6, 6.07) is 2.43. The summed E-state index contributed by atoms with van der Waals surface area (Å²) in [5, 5.41) is 23.1. The monoisotopic (exact) mass is 602 g/mol. The van der Waals surface area contributed by atoms with E-state index >= 15 is 0 Å². The van der Waals surface area contributed by atoms with Gasteiger partial charge in [-0.25, -0.2) is 0 Å². The van der Waals surface area contributed by atoms with E-state index in [-0.39, 0.29) is 44.5 Å². The van der Waals surface area contributed by atoms with Crippen LogP contribution in [0.3, 0.4) is 0 Å². The number of benzene rings is 1. The molecule has 192 valence electrons. The number of nitrogens with zero attached hydrogens (tertiary/aromatic N) is 1. The molecule has 0 aromatic heterocycles. The predicted molar refractivity (Wildman–Crippen MR) is 134 cm³/mol. The molecule has 0 unspecified atom stereocenters. The minimum absolute atomic E-state index is 0.0716. The summed E-state index contributed by atoms with van der Waals surface area (Å²) >= 11 is 2.01. The van der Waals surface area contributed by atoms with Gasteiger partial charge in [0.05, 0.1) is 29.9 Å². The number of rotatable bonds is 12. The highest BCUT2D eigenvalue weighted by Crippen LogP contribution is 2.38. The fourth-order valence-electron chi connectivity index (χ4n) is 4.03. The summed E-state index contributed by atoms with van der Waals surface area (Å²) in [7, 11) is 2.98. The summed E-state index contributed by atoms with van der Waals surface area (Å²) in [4.78, 5) is 38.8. The lowest BCUT2D eigenvalue weighted by atomic mass is 9.88. The Kier molecular flexibility index (Phi) is 9.89. The number of hydrogen-bond acceptors (Lipinski definition) is 8. The molecule has 2 aliphatic carbocycles. The summed E-state index contributed by atoms with van der Waals surface area (Å²) in [6.07, 6.45) is 1.82. The third-order valence-corrected chi connectivity index (χ3v) is 6.80.